The number of carbonyl (C=O) groups is 1. The zero-order valence-corrected chi connectivity index (χ0v) is 14.4. The molecule has 1 aromatic carbocycles. The number of nitrogens with zero attached hydrogens (tertiary/aromatic N) is 2. The van der Waals surface area contributed by atoms with Crippen LogP contribution in [-0.4, -0.2) is 37.6 Å². The maximum absolute atomic E-state index is 12.0. The molecular formula is C20H23N3O2. The van der Waals surface area contributed by atoms with Gasteiger partial charge in [-0.15, -0.1) is 0 Å². The molecule has 0 aliphatic carbocycles. The quantitative estimate of drug-likeness (QED) is 0.824. The zero-order chi connectivity index (χ0) is 17.5. The molecule has 3 rings (SSSR count). The lowest BCUT2D eigenvalue weighted by atomic mass is 10.1. The molecule has 0 spiro atoms. The molecule has 1 aliphatic rings. The fourth-order valence-electron chi connectivity index (χ4n) is 2.98. The van der Waals surface area contributed by atoms with E-state index in [1.54, 1.807) is 19.4 Å². The highest BCUT2D eigenvalue weighted by atomic mass is 16.5. The van der Waals surface area contributed by atoms with E-state index in [9.17, 15) is 4.79 Å². The summed E-state index contributed by atoms with van der Waals surface area (Å²) in [6.07, 6.45) is 6.05. The van der Waals surface area contributed by atoms with E-state index in [-0.39, 0.29) is 5.91 Å². The van der Waals surface area contributed by atoms with Crippen LogP contribution in [0.5, 0.6) is 5.75 Å². The minimum Gasteiger partial charge on any atom is -0.497 e. The van der Waals surface area contributed by atoms with Crippen molar-refractivity contribution in [3.63, 3.8) is 0 Å². The third-order valence-corrected chi connectivity index (χ3v) is 4.36. The molecular weight excluding hydrogens is 314 g/mol. The minimum absolute atomic E-state index is 0.0783. The number of hydrogen-bond donors (Lipinski definition) is 1. The van der Waals surface area contributed by atoms with Crippen LogP contribution in [0.4, 0.5) is 5.69 Å². The van der Waals surface area contributed by atoms with Crippen LogP contribution >= 0.6 is 0 Å². The molecule has 0 bridgehead atoms. The Morgan fingerprint density at radius 2 is 2.28 bits per heavy atom. The van der Waals surface area contributed by atoms with Crippen LogP contribution in [0.1, 0.15) is 12.1 Å². The number of pyridine rings is 1. The first-order chi connectivity index (χ1) is 12.2. The van der Waals surface area contributed by atoms with Crippen molar-refractivity contribution >= 4 is 17.7 Å². The Kier molecular flexibility index (Phi) is 5.67. The van der Waals surface area contributed by atoms with Crippen LogP contribution in [0.2, 0.25) is 0 Å². The molecule has 25 heavy (non-hydrogen) atoms. The van der Waals surface area contributed by atoms with Crippen LogP contribution in [0.15, 0.2) is 54.7 Å². The van der Waals surface area contributed by atoms with E-state index in [4.69, 9.17) is 4.74 Å². The number of anilines is 1. The maximum Gasteiger partial charge on any atom is 0.244 e. The predicted octanol–water partition coefficient (Wildman–Crippen LogP) is 2.75. The Morgan fingerprint density at radius 3 is 3.08 bits per heavy atom. The summed E-state index contributed by atoms with van der Waals surface area (Å²) in [5.41, 5.74) is 1.95. The lowest BCUT2D eigenvalue weighted by Gasteiger charge is -2.19. The third kappa shape index (κ3) is 4.83. The van der Waals surface area contributed by atoms with Crippen LogP contribution in [0, 0.1) is 5.92 Å². The van der Waals surface area contributed by atoms with Gasteiger partial charge in [-0.25, -0.2) is 0 Å². The van der Waals surface area contributed by atoms with E-state index in [0.717, 1.165) is 31.0 Å². The fraction of sp³-hybridized carbons (Fsp3) is 0.300. The van der Waals surface area contributed by atoms with Crippen molar-refractivity contribution in [2.24, 2.45) is 5.92 Å². The van der Waals surface area contributed by atoms with Gasteiger partial charge in [0.1, 0.15) is 5.75 Å². The molecule has 0 saturated carbocycles. The maximum atomic E-state index is 12.0. The van der Waals surface area contributed by atoms with Crippen LogP contribution in [-0.2, 0) is 4.79 Å². The van der Waals surface area contributed by atoms with Gasteiger partial charge >= 0.3 is 0 Å². The molecule has 2 heterocycles. The first kappa shape index (κ1) is 17.0. The second-order valence-corrected chi connectivity index (χ2v) is 6.14. The van der Waals surface area contributed by atoms with E-state index in [1.165, 1.54) is 11.8 Å². The first-order valence-corrected chi connectivity index (χ1v) is 8.50. The molecule has 5 nitrogen and oxygen atoms in total. The van der Waals surface area contributed by atoms with Gasteiger partial charge in [0.05, 0.1) is 12.8 Å². The van der Waals surface area contributed by atoms with Crippen molar-refractivity contribution in [2.45, 2.75) is 6.42 Å². The lowest BCUT2D eigenvalue weighted by molar-refractivity contribution is -0.116. The predicted molar refractivity (Wildman–Crippen MR) is 99.6 cm³/mol. The number of ether oxygens (including phenoxy) is 1. The summed E-state index contributed by atoms with van der Waals surface area (Å²) in [4.78, 5) is 18.5. The van der Waals surface area contributed by atoms with Crippen molar-refractivity contribution in [3.05, 3.63) is 60.4 Å². The molecule has 0 radical (unpaired) electrons. The van der Waals surface area contributed by atoms with Gasteiger partial charge in [-0.05, 0) is 42.7 Å². The average molecular weight is 337 g/mol. The lowest BCUT2D eigenvalue weighted by Crippen LogP contribution is -2.29. The largest absolute Gasteiger partial charge is 0.497 e. The molecule has 1 amide bonds. The van der Waals surface area contributed by atoms with Gasteiger partial charge in [0.25, 0.3) is 0 Å². The number of nitrogens with one attached hydrogen (secondary N) is 1. The normalized spacial score (nSPS) is 17.0. The Labute approximate surface area is 148 Å². The van der Waals surface area contributed by atoms with Crippen LogP contribution < -0.4 is 15.0 Å². The van der Waals surface area contributed by atoms with E-state index < -0.39 is 0 Å². The molecule has 130 valence electrons. The second kappa shape index (κ2) is 8.33. The van der Waals surface area contributed by atoms with Gasteiger partial charge in [0, 0.05) is 43.7 Å². The van der Waals surface area contributed by atoms with Gasteiger partial charge in [-0.1, -0.05) is 12.1 Å². The Hall–Kier alpha value is -2.82. The summed E-state index contributed by atoms with van der Waals surface area (Å²) in [6, 6.07) is 13.7. The standard InChI is InChI=1S/C20H23N3O2/c1-25-19-7-4-6-18(13-19)23-12-10-16(15-23)14-22-20(24)9-8-17-5-2-3-11-21-17/h2-9,11,13,16H,10,12,14-15H2,1H3,(H,22,24)/b9-8+. The van der Waals surface area contributed by atoms with Gasteiger partial charge in [0.15, 0.2) is 0 Å². The minimum atomic E-state index is -0.0783. The summed E-state index contributed by atoms with van der Waals surface area (Å²) in [6.45, 7) is 2.63. The van der Waals surface area contributed by atoms with Crippen molar-refractivity contribution < 1.29 is 9.53 Å². The molecule has 1 aliphatic heterocycles. The van der Waals surface area contributed by atoms with E-state index >= 15 is 0 Å². The Morgan fingerprint density at radius 1 is 1.36 bits per heavy atom. The van der Waals surface area contributed by atoms with Crippen molar-refractivity contribution in [3.8, 4) is 5.75 Å². The topological polar surface area (TPSA) is 54.5 Å². The Bertz CT molecular complexity index is 731. The van der Waals surface area contributed by atoms with Gasteiger partial charge in [0.2, 0.25) is 5.91 Å². The number of methoxy groups -OCH3 is 1. The second-order valence-electron chi connectivity index (χ2n) is 6.14. The SMILES string of the molecule is COc1cccc(N2CCC(CNC(=O)/C=C/c3ccccn3)C2)c1. The molecule has 1 unspecified atom stereocenters. The zero-order valence-electron chi connectivity index (χ0n) is 14.4. The molecule has 1 atom stereocenters. The average Bonchev–Trinajstić information content (AvgIpc) is 3.15. The number of amides is 1. The van der Waals surface area contributed by atoms with Gasteiger partial charge in [-0.3, -0.25) is 9.78 Å². The first-order valence-electron chi connectivity index (χ1n) is 8.50. The van der Waals surface area contributed by atoms with Gasteiger partial charge in [-0.2, -0.15) is 0 Å². The highest BCUT2D eigenvalue weighted by Crippen LogP contribution is 2.26. The van der Waals surface area contributed by atoms with E-state index in [0.29, 0.717) is 12.5 Å². The number of rotatable bonds is 6. The monoisotopic (exact) mass is 337 g/mol. The van der Waals surface area contributed by atoms with Crippen molar-refractivity contribution in [2.75, 3.05) is 31.6 Å². The smallest absolute Gasteiger partial charge is 0.244 e. The molecule has 2 aromatic rings. The van der Waals surface area contributed by atoms with Crippen LogP contribution in [0.3, 0.4) is 0 Å². The number of aromatic nitrogens is 1. The van der Waals surface area contributed by atoms with Crippen molar-refractivity contribution in [1.82, 2.24) is 10.3 Å². The van der Waals surface area contributed by atoms with Crippen molar-refractivity contribution in [1.29, 1.82) is 0 Å². The summed E-state index contributed by atoms with van der Waals surface area (Å²) in [5.74, 6) is 1.25. The van der Waals surface area contributed by atoms with Crippen LogP contribution in [0.25, 0.3) is 6.08 Å². The summed E-state index contributed by atoms with van der Waals surface area (Å²) in [5, 5.41) is 2.98. The summed E-state index contributed by atoms with van der Waals surface area (Å²) < 4.78 is 5.29. The van der Waals surface area contributed by atoms with Gasteiger partial charge < -0.3 is 15.0 Å². The van der Waals surface area contributed by atoms with E-state index in [1.807, 2.05) is 30.3 Å². The number of carbonyl (C=O) groups excluding carboxylic acids is 1. The fourth-order valence-corrected chi connectivity index (χ4v) is 2.98. The number of benzene rings is 1. The molecule has 5 heteroatoms. The summed E-state index contributed by atoms with van der Waals surface area (Å²) >= 11 is 0. The molecule has 1 aromatic heterocycles. The molecule has 1 N–H and O–H groups in total. The highest BCUT2D eigenvalue weighted by molar-refractivity contribution is 5.91. The molecule has 1 saturated heterocycles. The Balaban J connectivity index is 1.46. The summed E-state index contributed by atoms with van der Waals surface area (Å²) in [7, 11) is 1.68. The molecule has 1 fully saturated rings. The third-order valence-electron chi connectivity index (χ3n) is 4.36. The number of hydrogen-bond acceptors (Lipinski definition) is 4. The highest BCUT2D eigenvalue weighted by Gasteiger charge is 2.23. The van der Waals surface area contributed by atoms with E-state index in [2.05, 4.69) is 27.3 Å².